The molecular weight excluding hydrogens is 210 g/mol. The van der Waals surface area contributed by atoms with Crippen LogP contribution in [-0.4, -0.2) is 11.8 Å². The number of carbonyl (C=O) groups is 1. The largest absolute Gasteiger partial charge is 0.327 e. The first kappa shape index (κ1) is 13.9. The standard InChI is InChI=1S/C15H23NO/c1-12(2)15(16)11-14(17)10-6-9-13-7-4-3-5-8-13/h3-5,7-8,12,15H,6,9-11,16H2,1-2H3. The van der Waals surface area contributed by atoms with Gasteiger partial charge in [-0.15, -0.1) is 0 Å². The van der Waals surface area contributed by atoms with E-state index in [9.17, 15) is 4.79 Å². The minimum Gasteiger partial charge on any atom is -0.327 e. The second-order valence-corrected chi connectivity index (χ2v) is 4.99. The summed E-state index contributed by atoms with van der Waals surface area (Å²) in [5, 5.41) is 0. The number of benzene rings is 1. The first-order valence-electron chi connectivity index (χ1n) is 6.41. The molecule has 0 bridgehead atoms. The van der Waals surface area contributed by atoms with Crippen LogP contribution in [0.3, 0.4) is 0 Å². The summed E-state index contributed by atoms with van der Waals surface area (Å²) in [6.07, 6.45) is 3.07. The van der Waals surface area contributed by atoms with Gasteiger partial charge in [0.1, 0.15) is 5.78 Å². The summed E-state index contributed by atoms with van der Waals surface area (Å²) in [6.45, 7) is 4.11. The number of carbonyl (C=O) groups excluding carboxylic acids is 1. The van der Waals surface area contributed by atoms with Crippen LogP contribution in [-0.2, 0) is 11.2 Å². The van der Waals surface area contributed by atoms with Gasteiger partial charge >= 0.3 is 0 Å². The maximum atomic E-state index is 11.7. The van der Waals surface area contributed by atoms with Crippen LogP contribution in [0.1, 0.15) is 38.7 Å². The van der Waals surface area contributed by atoms with Crippen molar-refractivity contribution < 1.29 is 4.79 Å². The SMILES string of the molecule is CC(C)C(N)CC(=O)CCCc1ccccc1. The number of hydrogen-bond acceptors (Lipinski definition) is 2. The highest BCUT2D eigenvalue weighted by atomic mass is 16.1. The van der Waals surface area contributed by atoms with Gasteiger partial charge in [0, 0.05) is 18.9 Å². The average molecular weight is 233 g/mol. The molecule has 2 heteroatoms. The Kier molecular flexibility index (Phi) is 5.92. The molecule has 0 aliphatic heterocycles. The molecule has 0 aliphatic rings. The molecule has 2 N–H and O–H groups in total. The third kappa shape index (κ3) is 5.64. The number of ketones is 1. The highest BCUT2D eigenvalue weighted by molar-refractivity contribution is 5.78. The zero-order valence-electron chi connectivity index (χ0n) is 10.9. The van der Waals surface area contributed by atoms with E-state index in [-0.39, 0.29) is 6.04 Å². The summed E-state index contributed by atoms with van der Waals surface area (Å²) < 4.78 is 0. The molecule has 0 fully saturated rings. The molecule has 1 atom stereocenters. The van der Waals surface area contributed by atoms with Crippen molar-refractivity contribution in [1.82, 2.24) is 0 Å². The van der Waals surface area contributed by atoms with Gasteiger partial charge < -0.3 is 5.73 Å². The Morgan fingerprint density at radius 2 is 1.88 bits per heavy atom. The number of nitrogens with two attached hydrogens (primary N) is 1. The van der Waals surface area contributed by atoms with Crippen molar-refractivity contribution >= 4 is 5.78 Å². The van der Waals surface area contributed by atoms with Crippen molar-refractivity contribution in [3.63, 3.8) is 0 Å². The molecule has 0 aliphatic carbocycles. The summed E-state index contributed by atoms with van der Waals surface area (Å²) in [6, 6.07) is 10.3. The Labute approximate surface area is 104 Å². The van der Waals surface area contributed by atoms with Gasteiger partial charge in [0.25, 0.3) is 0 Å². The Morgan fingerprint density at radius 3 is 2.47 bits per heavy atom. The van der Waals surface area contributed by atoms with E-state index in [1.165, 1.54) is 5.56 Å². The van der Waals surface area contributed by atoms with E-state index in [0.717, 1.165) is 12.8 Å². The summed E-state index contributed by atoms with van der Waals surface area (Å²) >= 11 is 0. The van der Waals surface area contributed by atoms with Crippen molar-refractivity contribution in [2.45, 2.75) is 45.6 Å². The van der Waals surface area contributed by atoms with E-state index in [1.807, 2.05) is 18.2 Å². The highest BCUT2D eigenvalue weighted by Gasteiger charge is 2.12. The van der Waals surface area contributed by atoms with Gasteiger partial charge in [-0.05, 0) is 24.3 Å². The second kappa shape index (κ2) is 7.23. The van der Waals surface area contributed by atoms with Gasteiger partial charge in [0.05, 0.1) is 0 Å². The number of aryl methyl sites for hydroxylation is 1. The molecule has 17 heavy (non-hydrogen) atoms. The van der Waals surface area contributed by atoms with Crippen molar-refractivity contribution in [3.8, 4) is 0 Å². The Morgan fingerprint density at radius 1 is 1.24 bits per heavy atom. The maximum absolute atomic E-state index is 11.7. The third-order valence-electron chi connectivity index (χ3n) is 3.08. The minimum atomic E-state index is 0.0132. The lowest BCUT2D eigenvalue weighted by molar-refractivity contribution is -0.119. The predicted molar refractivity (Wildman–Crippen MR) is 71.8 cm³/mol. The molecule has 0 saturated heterocycles. The fourth-order valence-electron chi connectivity index (χ4n) is 1.74. The molecule has 0 aromatic heterocycles. The predicted octanol–water partition coefficient (Wildman–Crippen LogP) is 2.95. The quantitative estimate of drug-likeness (QED) is 0.786. The zero-order chi connectivity index (χ0) is 12.7. The molecule has 2 nitrogen and oxygen atoms in total. The normalized spacial score (nSPS) is 12.7. The van der Waals surface area contributed by atoms with E-state index in [4.69, 9.17) is 5.73 Å². The molecule has 0 saturated carbocycles. The van der Waals surface area contributed by atoms with Crippen molar-refractivity contribution in [3.05, 3.63) is 35.9 Å². The van der Waals surface area contributed by atoms with Crippen LogP contribution in [0.25, 0.3) is 0 Å². The van der Waals surface area contributed by atoms with Gasteiger partial charge in [0.15, 0.2) is 0 Å². The summed E-state index contributed by atoms with van der Waals surface area (Å²) in [4.78, 5) is 11.7. The molecule has 1 rings (SSSR count). The number of Topliss-reactive ketones (excluding diaryl/α,β-unsaturated/α-hetero) is 1. The Balaban J connectivity index is 2.21. The number of hydrogen-bond donors (Lipinski definition) is 1. The van der Waals surface area contributed by atoms with Gasteiger partial charge in [0.2, 0.25) is 0 Å². The van der Waals surface area contributed by atoms with E-state index < -0.39 is 0 Å². The first-order valence-corrected chi connectivity index (χ1v) is 6.41. The Bertz CT molecular complexity index is 332. The second-order valence-electron chi connectivity index (χ2n) is 4.99. The monoisotopic (exact) mass is 233 g/mol. The molecule has 1 aromatic rings. The van der Waals surface area contributed by atoms with Crippen LogP contribution in [0.15, 0.2) is 30.3 Å². The summed E-state index contributed by atoms with van der Waals surface area (Å²) in [5.74, 6) is 0.676. The fraction of sp³-hybridized carbons (Fsp3) is 0.533. The molecule has 0 amide bonds. The van der Waals surface area contributed by atoms with E-state index in [2.05, 4.69) is 26.0 Å². The van der Waals surface area contributed by atoms with Crippen molar-refractivity contribution in [1.29, 1.82) is 0 Å². The van der Waals surface area contributed by atoms with E-state index in [1.54, 1.807) is 0 Å². The molecular formula is C15H23NO. The lowest BCUT2D eigenvalue weighted by Gasteiger charge is -2.14. The van der Waals surface area contributed by atoms with E-state index in [0.29, 0.717) is 24.5 Å². The van der Waals surface area contributed by atoms with Gasteiger partial charge in [-0.1, -0.05) is 44.2 Å². The molecule has 0 heterocycles. The summed E-state index contributed by atoms with van der Waals surface area (Å²) in [5.41, 5.74) is 7.18. The number of rotatable bonds is 7. The van der Waals surface area contributed by atoms with Crippen LogP contribution in [0, 0.1) is 5.92 Å². The third-order valence-corrected chi connectivity index (χ3v) is 3.08. The molecule has 1 unspecified atom stereocenters. The van der Waals surface area contributed by atoms with Gasteiger partial charge in [-0.3, -0.25) is 4.79 Å². The van der Waals surface area contributed by atoms with Crippen molar-refractivity contribution in [2.75, 3.05) is 0 Å². The highest BCUT2D eigenvalue weighted by Crippen LogP contribution is 2.09. The zero-order valence-corrected chi connectivity index (χ0v) is 10.9. The van der Waals surface area contributed by atoms with Gasteiger partial charge in [-0.25, -0.2) is 0 Å². The molecule has 94 valence electrons. The van der Waals surface area contributed by atoms with Crippen LogP contribution < -0.4 is 5.73 Å². The van der Waals surface area contributed by atoms with Crippen LogP contribution in [0.4, 0.5) is 0 Å². The van der Waals surface area contributed by atoms with Crippen molar-refractivity contribution in [2.24, 2.45) is 11.7 Å². The lowest BCUT2D eigenvalue weighted by Crippen LogP contribution is -2.29. The van der Waals surface area contributed by atoms with Crippen LogP contribution >= 0.6 is 0 Å². The first-order chi connectivity index (χ1) is 8.09. The maximum Gasteiger partial charge on any atom is 0.134 e. The fourth-order valence-corrected chi connectivity index (χ4v) is 1.74. The molecule has 0 spiro atoms. The van der Waals surface area contributed by atoms with Crippen LogP contribution in [0.5, 0.6) is 0 Å². The average Bonchev–Trinajstić information content (AvgIpc) is 2.30. The van der Waals surface area contributed by atoms with Gasteiger partial charge in [-0.2, -0.15) is 0 Å². The topological polar surface area (TPSA) is 43.1 Å². The van der Waals surface area contributed by atoms with Crippen LogP contribution in [0.2, 0.25) is 0 Å². The molecule has 0 radical (unpaired) electrons. The Hall–Kier alpha value is -1.15. The minimum absolute atomic E-state index is 0.0132. The lowest BCUT2D eigenvalue weighted by atomic mass is 9.97. The smallest absolute Gasteiger partial charge is 0.134 e. The molecule has 1 aromatic carbocycles. The summed E-state index contributed by atoms with van der Waals surface area (Å²) in [7, 11) is 0. The van der Waals surface area contributed by atoms with E-state index >= 15 is 0 Å².